The van der Waals surface area contributed by atoms with Crippen molar-refractivity contribution in [3.05, 3.63) is 77.8 Å². The highest BCUT2D eigenvalue weighted by molar-refractivity contribution is 5.63. The Morgan fingerprint density at radius 2 is 1.76 bits per heavy atom. The number of ether oxygens (including phenoxy) is 2. The Hall–Kier alpha value is -2.99. The van der Waals surface area contributed by atoms with E-state index in [4.69, 9.17) is 4.74 Å². The van der Waals surface area contributed by atoms with Crippen LogP contribution in [0.25, 0.3) is 5.70 Å². The van der Waals surface area contributed by atoms with Crippen molar-refractivity contribution in [1.82, 2.24) is 5.32 Å². The molecule has 0 radical (unpaired) electrons. The highest BCUT2D eigenvalue weighted by Gasteiger charge is 2.28. The van der Waals surface area contributed by atoms with Crippen molar-refractivity contribution in [3.63, 3.8) is 0 Å². The zero-order valence-electron chi connectivity index (χ0n) is 15.8. The van der Waals surface area contributed by atoms with E-state index in [9.17, 15) is 22.0 Å². The van der Waals surface area contributed by atoms with E-state index < -0.39 is 18.9 Å². The van der Waals surface area contributed by atoms with Crippen LogP contribution in [0.2, 0.25) is 0 Å². The summed E-state index contributed by atoms with van der Waals surface area (Å²) in [5.41, 5.74) is 4.71. The van der Waals surface area contributed by atoms with E-state index in [0.29, 0.717) is 18.2 Å². The number of halogens is 5. The van der Waals surface area contributed by atoms with Gasteiger partial charge in [-0.1, -0.05) is 12.7 Å². The third-order valence-electron chi connectivity index (χ3n) is 3.71. The summed E-state index contributed by atoms with van der Waals surface area (Å²) < 4.78 is 71.7. The van der Waals surface area contributed by atoms with Crippen molar-refractivity contribution >= 4 is 5.70 Å². The molecule has 1 aliphatic rings. The quantitative estimate of drug-likeness (QED) is 0.435. The number of alkyl halides is 5. The Morgan fingerprint density at radius 1 is 1.10 bits per heavy atom. The minimum atomic E-state index is -4.42. The topological polar surface area (TPSA) is 30.5 Å². The maximum absolute atomic E-state index is 12.9. The molecule has 0 aromatic heterocycles. The van der Waals surface area contributed by atoms with Gasteiger partial charge in [-0.2, -0.15) is 22.0 Å². The zero-order valence-corrected chi connectivity index (χ0v) is 15.8. The van der Waals surface area contributed by atoms with E-state index in [1.54, 1.807) is 24.3 Å². The normalized spacial score (nSPS) is 15.1. The van der Waals surface area contributed by atoms with Gasteiger partial charge < -0.3 is 14.8 Å². The maximum atomic E-state index is 12.9. The third kappa shape index (κ3) is 7.87. The predicted octanol–water partition coefficient (Wildman–Crippen LogP) is 5.74. The molecule has 8 heteroatoms. The summed E-state index contributed by atoms with van der Waals surface area (Å²) in [4.78, 5) is 0. The Bertz CT molecular complexity index is 855. The van der Waals surface area contributed by atoms with Crippen molar-refractivity contribution < 1.29 is 31.4 Å². The second-order valence-electron chi connectivity index (χ2n) is 6.37. The number of nitrogens with one attached hydrogen (secondary N) is 1. The van der Waals surface area contributed by atoms with E-state index in [-0.39, 0.29) is 17.6 Å². The van der Waals surface area contributed by atoms with E-state index in [0.717, 1.165) is 5.57 Å². The standard InChI is InChI=1S/C21H20F5NO2/c1-14(16-5-4-6-18(10-7-16)28-13-21(24,25)26)27-15(2)17-8-11-19(12-9-17)29-20(3,22)23/h5-12,14,27H,2,13H2,1,3H3/t14-/m1/s1. The zero-order chi connectivity index (χ0) is 21.7. The Labute approximate surface area is 165 Å². The smallest absolute Gasteiger partial charge is 0.422 e. The molecule has 0 unspecified atom stereocenters. The van der Waals surface area contributed by atoms with Gasteiger partial charge >= 0.3 is 12.3 Å². The summed E-state index contributed by atoms with van der Waals surface area (Å²) in [5, 5.41) is 3.15. The van der Waals surface area contributed by atoms with E-state index in [2.05, 4.69) is 22.4 Å². The van der Waals surface area contributed by atoms with Crippen LogP contribution < -0.4 is 10.1 Å². The molecule has 0 spiro atoms. The molecular weight excluding hydrogens is 393 g/mol. The summed E-state index contributed by atoms with van der Waals surface area (Å²) in [6.07, 6.45) is -1.71. The molecule has 0 aliphatic heterocycles. The van der Waals surface area contributed by atoms with Crippen LogP contribution in [-0.4, -0.2) is 24.9 Å². The van der Waals surface area contributed by atoms with Crippen molar-refractivity contribution in [1.29, 1.82) is 0 Å². The molecule has 1 aromatic rings. The van der Waals surface area contributed by atoms with Gasteiger partial charge in [-0.3, -0.25) is 0 Å². The fourth-order valence-corrected chi connectivity index (χ4v) is 2.38. The first-order chi connectivity index (χ1) is 13.4. The maximum Gasteiger partial charge on any atom is 0.422 e. The van der Waals surface area contributed by atoms with Crippen LogP contribution in [-0.2, 0) is 4.74 Å². The van der Waals surface area contributed by atoms with Gasteiger partial charge in [0.2, 0.25) is 0 Å². The lowest BCUT2D eigenvalue weighted by atomic mass is 10.1. The number of allylic oxidation sites excluding steroid dienone is 3. The van der Waals surface area contributed by atoms with Crippen LogP contribution in [0.3, 0.4) is 0 Å². The average Bonchev–Trinajstić information content (AvgIpc) is 2.84. The van der Waals surface area contributed by atoms with Gasteiger partial charge in [0, 0.05) is 24.7 Å². The first kappa shape index (κ1) is 22.3. The molecule has 3 nitrogen and oxygen atoms in total. The SMILES string of the molecule is C=C(N[C@H](C)C1=CC=C(OCC(F)(F)F)C=C=C1)c1ccc(OC(C)(F)F)cc1. The minimum Gasteiger partial charge on any atom is -0.483 e. The molecule has 0 amide bonds. The summed E-state index contributed by atoms with van der Waals surface area (Å²) in [5.74, 6) is 0.0704. The summed E-state index contributed by atoms with van der Waals surface area (Å²) >= 11 is 0. The van der Waals surface area contributed by atoms with Gasteiger partial charge in [0.1, 0.15) is 11.5 Å². The van der Waals surface area contributed by atoms with Gasteiger partial charge in [0.25, 0.3) is 0 Å². The average molecular weight is 413 g/mol. The van der Waals surface area contributed by atoms with Crippen LogP contribution in [0.1, 0.15) is 19.4 Å². The molecule has 0 bridgehead atoms. The van der Waals surface area contributed by atoms with Gasteiger partial charge in [-0.05, 0) is 54.5 Å². The second kappa shape index (κ2) is 9.01. The lowest BCUT2D eigenvalue weighted by Crippen LogP contribution is -2.25. The third-order valence-corrected chi connectivity index (χ3v) is 3.71. The van der Waals surface area contributed by atoms with Crippen LogP contribution >= 0.6 is 0 Å². The number of hydrogen-bond donors (Lipinski definition) is 1. The van der Waals surface area contributed by atoms with Crippen molar-refractivity contribution in [2.24, 2.45) is 0 Å². The second-order valence-corrected chi connectivity index (χ2v) is 6.37. The van der Waals surface area contributed by atoms with Crippen LogP contribution in [0, 0.1) is 0 Å². The predicted molar refractivity (Wildman–Crippen MR) is 100 cm³/mol. The number of benzene rings is 1. The lowest BCUT2D eigenvalue weighted by Gasteiger charge is -2.19. The number of rotatable bonds is 8. The van der Waals surface area contributed by atoms with Gasteiger partial charge in [-0.25, -0.2) is 0 Å². The lowest BCUT2D eigenvalue weighted by molar-refractivity contribution is -0.163. The van der Waals surface area contributed by atoms with Gasteiger partial charge in [0.05, 0.1) is 0 Å². The first-order valence-electron chi connectivity index (χ1n) is 8.59. The molecule has 1 aliphatic carbocycles. The van der Waals surface area contributed by atoms with Crippen molar-refractivity contribution in [3.8, 4) is 5.75 Å². The van der Waals surface area contributed by atoms with E-state index >= 15 is 0 Å². The molecule has 0 saturated carbocycles. The summed E-state index contributed by atoms with van der Waals surface area (Å²) in [6.45, 7) is 5.03. The van der Waals surface area contributed by atoms with Crippen LogP contribution in [0.15, 0.2) is 72.2 Å². The van der Waals surface area contributed by atoms with Crippen molar-refractivity contribution in [2.75, 3.05) is 6.61 Å². The Kier molecular flexibility index (Phi) is 6.93. The van der Waals surface area contributed by atoms with E-state index in [1.807, 2.05) is 6.92 Å². The Balaban J connectivity index is 1.99. The highest BCUT2D eigenvalue weighted by atomic mass is 19.4. The molecule has 1 N–H and O–H groups in total. The molecular formula is C21H20F5NO2. The molecule has 29 heavy (non-hydrogen) atoms. The molecule has 2 rings (SSSR count). The largest absolute Gasteiger partial charge is 0.483 e. The summed E-state index contributed by atoms with van der Waals surface area (Å²) in [7, 11) is 0. The summed E-state index contributed by atoms with van der Waals surface area (Å²) in [6, 6.07) is 5.74. The molecule has 156 valence electrons. The van der Waals surface area contributed by atoms with Gasteiger partial charge in [0.15, 0.2) is 6.61 Å². The van der Waals surface area contributed by atoms with Gasteiger partial charge in [-0.15, -0.1) is 5.73 Å². The molecule has 0 heterocycles. The van der Waals surface area contributed by atoms with Crippen molar-refractivity contribution in [2.45, 2.75) is 32.2 Å². The van der Waals surface area contributed by atoms with E-state index in [1.165, 1.54) is 24.3 Å². The molecule has 1 aromatic carbocycles. The number of hydrogen-bond acceptors (Lipinski definition) is 3. The molecule has 0 saturated heterocycles. The highest BCUT2D eigenvalue weighted by Crippen LogP contribution is 2.23. The minimum absolute atomic E-state index is 0.0261. The monoisotopic (exact) mass is 413 g/mol. The first-order valence-corrected chi connectivity index (χ1v) is 8.59. The Morgan fingerprint density at radius 3 is 2.34 bits per heavy atom. The van der Waals surface area contributed by atoms with Crippen LogP contribution in [0.4, 0.5) is 22.0 Å². The fraction of sp³-hybridized carbons (Fsp3) is 0.286. The molecule has 0 fully saturated rings. The fourth-order valence-electron chi connectivity index (χ4n) is 2.38. The van der Waals surface area contributed by atoms with Crippen LogP contribution in [0.5, 0.6) is 5.75 Å². The molecule has 1 atom stereocenters.